The van der Waals surface area contributed by atoms with E-state index in [9.17, 15) is 9.59 Å². The number of carbonyl (C=O) groups is 2. The van der Waals surface area contributed by atoms with Crippen LogP contribution in [0.3, 0.4) is 0 Å². The van der Waals surface area contributed by atoms with Gasteiger partial charge in [0.25, 0.3) is 0 Å². The zero-order chi connectivity index (χ0) is 12.3. The van der Waals surface area contributed by atoms with Crippen LogP contribution in [0.15, 0.2) is 16.6 Å². The number of carbonyl (C=O) groups excluding carboxylic acids is 2. The average Bonchev–Trinajstić information content (AvgIpc) is 2.19. The van der Waals surface area contributed by atoms with Gasteiger partial charge in [0.15, 0.2) is 5.78 Å². The van der Waals surface area contributed by atoms with Gasteiger partial charge in [0.2, 0.25) is 5.91 Å². The lowest BCUT2D eigenvalue weighted by atomic mass is 10.1. The van der Waals surface area contributed by atoms with Gasteiger partial charge in [-0.3, -0.25) is 9.59 Å². The van der Waals surface area contributed by atoms with Crippen molar-refractivity contribution in [3.8, 4) is 5.75 Å². The topological polar surface area (TPSA) is 55.4 Å². The zero-order valence-electron chi connectivity index (χ0n) is 9.26. The fourth-order valence-corrected chi connectivity index (χ4v) is 1.80. The molecule has 0 radical (unpaired) electrons. The lowest BCUT2D eigenvalue weighted by molar-refractivity contribution is -0.114. The van der Waals surface area contributed by atoms with Gasteiger partial charge in [0, 0.05) is 18.6 Å². The number of ether oxygens (including phenoxy) is 1. The molecule has 0 heterocycles. The molecular weight excluding hydrogens is 274 g/mol. The molecule has 0 aromatic heterocycles. The second-order valence-electron chi connectivity index (χ2n) is 3.27. The Kier molecular flexibility index (Phi) is 4.06. The maximum Gasteiger partial charge on any atom is 0.221 e. The molecule has 0 fully saturated rings. The summed E-state index contributed by atoms with van der Waals surface area (Å²) in [6.07, 6.45) is 0. The summed E-state index contributed by atoms with van der Waals surface area (Å²) in [4.78, 5) is 22.4. The van der Waals surface area contributed by atoms with Crippen LogP contribution in [0.5, 0.6) is 5.75 Å². The van der Waals surface area contributed by atoms with Gasteiger partial charge in [-0.2, -0.15) is 0 Å². The molecule has 0 aliphatic carbocycles. The highest BCUT2D eigenvalue weighted by molar-refractivity contribution is 9.10. The van der Waals surface area contributed by atoms with Crippen LogP contribution in [0.25, 0.3) is 0 Å². The average molecular weight is 286 g/mol. The quantitative estimate of drug-likeness (QED) is 0.869. The molecule has 0 atom stereocenters. The summed E-state index contributed by atoms with van der Waals surface area (Å²) in [5, 5.41) is 2.60. The molecule has 0 aliphatic heterocycles. The SMILES string of the molecule is COc1cc(NC(C)=O)c(C(C)=O)cc1Br. The fraction of sp³-hybridized carbons (Fsp3) is 0.273. The van der Waals surface area contributed by atoms with Crippen LogP contribution in [-0.2, 0) is 4.79 Å². The normalized spacial score (nSPS) is 9.75. The van der Waals surface area contributed by atoms with E-state index in [1.54, 1.807) is 12.1 Å². The van der Waals surface area contributed by atoms with Crippen LogP contribution < -0.4 is 10.1 Å². The molecule has 0 spiro atoms. The lowest BCUT2D eigenvalue weighted by Gasteiger charge is -2.11. The Bertz CT molecular complexity index is 443. The van der Waals surface area contributed by atoms with Gasteiger partial charge >= 0.3 is 0 Å². The molecule has 1 aromatic rings. The third kappa shape index (κ3) is 2.82. The summed E-state index contributed by atoms with van der Waals surface area (Å²) in [5.41, 5.74) is 0.905. The fourth-order valence-electron chi connectivity index (χ4n) is 1.29. The predicted molar refractivity (Wildman–Crippen MR) is 65.0 cm³/mol. The highest BCUT2D eigenvalue weighted by Crippen LogP contribution is 2.31. The van der Waals surface area contributed by atoms with E-state index in [0.29, 0.717) is 21.5 Å². The number of benzene rings is 1. The minimum atomic E-state index is -0.230. The number of amides is 1. The van der Waals surface area contributed by atoms with Gasteiger partial charge in [-0.1, -0.05) is 0 Å². The van der Waals surface area contributed by atoms with Gasteiger partial charge in [-0.05, 0) is 28.9 Å². The summed E-state index contributed by atoms with van der Waals surface area (Å²) in [6.45, 7) is 2.83. The molecule has 1 aromatic carbocycles. The van der Waals surface area contributed by atoms with E-state index in [1.165, 1.54) is 21.0 Å². The summed E-state index contributed by atoms with van der Waals surface area (Å²) < 4.78 is 5.77. The van der Waals surface area contributed by atoms with E-state index in [-0.39, 0.29) is 11.7 Å². The first kappa shape index (κ1) is 12.7. The molecule has 0 saturated carbocycles. The van der Waals surface area contributed by atoms with Crippen LogP contribution in [0.1, 0.15) is 24.2 Å². The second kappa shape index (κ2) is 5.12. The number of ketones is 1. The van der Waals surface area contributed by atoms with Crippen LogP contribution >= 0.6 is 15.9 Å². The van der Waals surface area contributed by atoms with Crippen molar-refractivity contribution < 1.29 is 14.3 Å². The van der Waals surface area contributed by atoms with E-state index >= 15 is 0 Å². The molecule has 0 saturated heterocycles. The van der Waals surface area contributed by atoms with Gasteiger partial charge in [0.1, 0.15) is 5.75 Å². The highest BCUT2D eigenvalue weighted by Gasteiger charge is 2.13. The number of halogens is 1. The van der Waals surface area contributed by atoms with Gasteiger partial charge in [-0.25, -0.2) is 0 Å². The second-order valence-corrected chi connectivity index (χ2v) is 4.12. The first-order valence-electron chi connectivity index (χ1n) is 4.61. The van der Waals surface area contributed by atoms with Crippen molar-refractivity contribution in [3.63, 3.8) is 0 Å². The van der Waals surface area contributed by atoms with E-state index in [0.717, 1.165) is 0 Å². The largest absolute Gasteiger partial charge is 0.495 e. The standard InChI is InChI=1S/C11H12BrNO3/c1-6(14)8-4-9(12)11(16-3)5-10(8)13-7(2)15/h4-5H,1-3H3,(H,13,15). The summed E-state index contributed by atoms with van der Waals surface area (Å²) in [5.74, 6) is 0.215. The molecule has 1 amide bonds. The number of nitrogens with one attached hydrogen (secondary N) is 1. The molecule has 1 rings (SSSR count). The minimum absolute atomic E-state index is 0.118. The molecule has 0 unspecified atom stereocenters. The van der Waals surface area contributed by atoms with Crippen LogP contribution in [0.2, 0.25) is 0 Å². The van der Waals surface area contributed by atoms with Crippen molar-refractivity contribution in [2.45, 2.75) is 13.8 Å². The maximum absolute atomic E-state index is 11.4. The zero-order valence-corrected chi connectivity index (χ0v) is 10.8. The van der Waals surface area contributed by atoms with Crippen molar-refractivity contribution in [3.05, 3.63) is 22.2 Å². The molecule has 86 valence electrons. The number of methoxy groups -OCH3 is 1. The number of hydrogen-bond acceptors (Lipinski definition) is 3. The van der Waals surface area contributed by atoms with E-state index in [1.807, 2.05) is 0 Å². The Morgan fingerprint density at radius 1 is 1.31 bits per heavy atom. The van der Waals surface area contributed by atoms with Gasteiger partial charge in [0.05, 0.1) is 17.3 Å². The first-order chi connectivity index (χ1) is 7.45. The molecule has 0 aliphatic rings. The van der Waals surface area contributed by atoms with E-state index < -0.39 is 0 Å². The van der Waals surface area contributed by atoms with Crippen molar-refractivity contribution >= 4 is 33.3 Å². The molecule has 1 N–H and O–H groups in total. The number of Topliss-reactive ketones (excluding diaryl/α,β-unsaturated/α-hetero) is 1. The molecule has 4 nitrogen and oxygen atoms in total. The van der Waals surface area contributed by atoms with Crippen molar-refractivity contribution in [2.24, 2.45) is 0 Å². The smallest absolute Gasteiger partial charge is 0.221 e. The number of anilines is 1. The Morgan fingerprint density at radius 2 is 1.94 bits per heavy atom. The minimum Gasteiger partial charge on any atom is -0.495 e. The lowest BCUT2D eigenvalue weighted by Crippen LogP contribution is -2.10. The number of hydrogen-bond donors (Lipinski definition) is 1. The van der Waals surface area contributed by atoms with Gasteiger partial charge < -0.3 is 10.1 Å². The monoisotopic (exact) mass is 285 g/mol. The third-order valence-electron chi connectivity index (χ3n) is 1.98. The van der Waals surface area contributed by atoms with Crippen LogP contribution in [0, 0.1) is 0 Å². The Morgan fingerprint density at radius 3 is 2.38 bits per heavy atom. The third-order valence-corrected chi connectivity index (χ3v) is 2.60. The maximum atomic E-state index is 11.4. The summed E-state index contributed by atoms with van der Waals surface area (Å²) in [7, 11) is 1.52. The molecular formula is C11H12BrNO3. The van der Waals surface area contributed by atoms with E-state index in [2.05, 4.69) is 21.2 Å². The first-order valence-corrected chi connectivity index (χ1v) is 5.41. The summed E-state index contributed by atoms with van der Waals surface area (Å²) in [6, 6.07) is 3.24. The predicted octanol–water partition coefficient (Wildman–Crippen LogP) is 2.62. The van der Waals surface area contributed by atoms with Crippen LogP contribution in [-0.4, -0.2) is 18.8 Å². The molecule has 5 heteroatoms. The molecule has 16 heavy (non-hydrogen) atoms. The summed E-state index contributed by atoms with van der Waals surface area (Å²) >= 11 is 3.29. The van der Waals surface area contributed by atoms with Crippen LogP contribution in [0.4, 0.5) is 5.69 Å². The van der Waals surface area contributed by atoms with Crippen molar-refractivity contribution in [1.82, 2.24) is 0 Å². The number of rotatable bonds is 3. The Hall–Kier alpha value is -1.36. The van der Waals surface area contributed by atoms with Crippen molar-refractivity contribution in [2.75, 3.05) is 12.4 Å². The molecule has 0 bridgehead atoms. The van der Waals surface area contributed by atoms with E-state index in [4.69, 9.17) is 4.74 Å². The highest BCUT2D eigenvalue weighted by atomic mass is 79.9. The Balaban J connectivity index is 3.30. The van der Waals surface area contributed by atoms with Gasteiger partial charge in [-0.15, -0.1) is 0 Å². The Labute approximate surface area is 102 Å². The van der Waals surface area contributed by atoms with Crippen molar-refractivity contribution in [1.29, 1.82) is 0 Å².